The van der Waals surface area contributed by atoms with Gasteiger partial charge in [0.05, 0.1) is 0 Å². The van der Waals surface area contributed by atoms with Gasteiger partial charge in [-0.2, -0.15) is 0 Å². The molecular weight excluding hydrogens is 260 g/mol. The van der Waals surface area contributed by atoms with Crippen LogP contribution in [-0.2, 0) is 13.0 Å². The Labute approximate surface area is 126 Å². The molecule has 0 unspecified atom stereocenters. The lowest BCUT2D eigenvalue weighted by Crippen LogP contribution is -2.36. The largest absolute Gasteiger partial charge is 0.494 e. The second-order valence-electron chi connectivity index (χ2n) is 6.03. The fourth-order valence-electron chi connectivity index (χ4n) is 3.20. The third-order valence-corrected chi connectivity index (χ3v) is 4.54. The molecule has 1 aliphatic rings. The summed E-state index contributed by atoms with van der Waals surface area (Å²) in [6.07, 6.45) is 5.73. The number of aromatic hydroxyl groups is 1. The maximum Gasteiger partial charge on any atom is 0.190 e. The van der Waals surface area contributed by atoms with Crippen LogP contribution in [0.25, 0.3) is 0 Å². The molecule has 0 spiro atoms. The quantitative estimate of drug-likeness (QED) is 0.913. The highest BCUT2D eigenvalue weighted by Gasteiger charge is 2.19. The summed E-state index contributed by atoms with van der Waals surface area (Å²) in [6, 6.07) is 14.5. The smallest absolute Gasteiger partial charge is 0.190 e. The molecule has 1 aromatic carbocycles. The maximum atomic E-state index is 9.63. The second kappa shape index (κ2) is 6.81. The van der Waals surface area contributed by atoms with Crippen LogP contribution < -0.4 is 0 Å². The van der Waals surface area contributed by atoms with Crippen LogP contribution in [0.4, 0.5) is 0 Å². The first-order valence-corrected chi connectivity index (χ1v) is 7.91. The molecule has 1 aliphatic heterocycles. The summed E-state index contributed by atoms with van der Waals surface area (Å²) in [5.41, 5.74) is 1.47. The van der Waals surface area contributed by atoms with E-state index in [1.165, 1.54) is 37.9 Å². The third kappa shape index (κ3) is 3.88. The monoisotopic (exact) mass is 284 g/mol. The third-order valence-electron chi connectivity index (χ3n) is 4.54. The number of rotatable bonds is 5. The van der Waals surface area contributed by atoms with E-state index in [-0.39, 0.29) is 0 Å². The van der Waals surface area contributed by atoms with Crippen molar-refractivity contribution in [3.05, 3.63) is 54.2 Å². The maximum absolute atomic E-state index is 9.63. The number of hydrogen-bond acceptors (Lipinski definition) is 2. The fourth-order valence-corrected chi connectivity index (χ4v) is 3.20. The van der Waals surface area contributed by atoms with E-state index >= 15 is 0 Å². The average Bonchev–Trinajstić information content (AvgIpc) is 2.93. The van der Waals surface area contributed by atoms with Crippen LogP contribution in [-0.4, -0.2) is 34.2 Å². The first-order valence-electron chi connectivity index (χ1n) is 7.91. The summed E-state index contributed by atoms with van der Waals surface area (Å²) < 4.78 is 1.91. The molecule has 3 heteroatoms. The van der Waals surface area contributed by atoms with Gasteiger partial charge in [0.25, 0.3) is 0 Å². The summed E-state index contributed by atoms with van der Waals surface area (Å²) in [7, 11) is 0. The number of nitrogens with zero attached hydrogens (tertiary/aromatic N) is 2. The Morgan fingerprint density at radius 2 is 1.71 bits per heavy atom. The zero-order chi connectivity index (χ0) is 14.5. The topological polar surface area (TPSA) is 28.4 Å². The number of aromatic nitrogens is 1. The van der Waals surface area contributed by atoms with Gasteiger partial charge >= 0.3 is 0 Å². The molecule has 0 saturated carbocycles. The van der Waals surface area contributed by atoms with Gasteiger partial charge in [-0.1, -0.05) is 30.3 Å². The molecule has 2 heterocycles. The van der Waals surface area contributed by atoms with Crippen LogP contribution in [0, 0.1) is 5.92 Å². The Kier molecular flexibility index (Phi) is 4.61. The van der Waals surface area contributed by atoms with Gasteiger partial charge in [-0.15, -0.1) is 0 Å². The van der Waals surface area contributed by atoms with Crippen molar-refractivity contribution < 1.29 is 5.11 Å². The van der Waals surface area contributed by atoms with Crippen molar-refractivity contribution in [1.82, 2.24) is 9.47 Å². The van der Waals surface area contributed by atoms with Crippen LogP contribution >= 0.6 is 0 Å². The van der Waals surface area contributed by atoms with Gasteiger partial charge in [0.15, 0.2) is 5.88 Å². The zero-order valence-electron chi connectivity index (χ0n) is 12.5. The minimum absolute atomic E-state index is 0.369. The Morgan fingerprint density at radius 3 is 2.38 bits per heavy atom. The lowest BCUT2D eigenvalue weighted by molar-refractivity contribution is 0.177. The number of benzene rings is 1. The lowest BCUT2D eigenvalue weighted by Gasteiger charge is -2.32. The normalized spacial score (nSPS) is 17.1. The van der Waals surface area contributed by atoms with Gasteiger partial charge in [-0.3, -0.25) is 0 Å². The van der Waals surface area contributed by atoms with Crippen molar-refractivity contribution in [1.29, 1.82) is 0 Å². The van der Waals surface area contributed by atoms with Crippen molar-refractivity contribution >= 4 is 0 Å². The SMILES string of the molecule is Oc1cccn1CCN1CCC(Cc2ccccc2)CC1. The first-order chi connectivity index (χ1) is 10.3. The molecule has 0 atom stereocenters. The van der Waals surface area contributed by atoms with E-state index in [4.69, 9.17) is 0 Å². The van der Waals surface area contributed by atoms with E-state index in [1.807, 2.05) is 16.8 Å². The standard InChI is InChI=1S/C18H24N2O/c21-18-7-4-10-20(18)14-13-19-11-8-17(9-12-19)15-16-5-2-1-3-6-16/h1-7,10,17,21H,8-9,11-15H2. The fraction of sp³-hybridized carbons (Fsp3) is 0.444. The van der Waals surface area contributed by atoms with Gasteiger partial charge in [0.1, 0.15) is 0 Å². The second-order valence-corrected chi connectivity index (χ2v) is 6.03. The molecule has 0 radical (unpaired) electrons. The lowest BCUT2D eigenvalue weighted by atomic mass is 9.90. The van der Waals surface area contributed by atoms with Gasteiger partial charge < -0.3 is 14.6 Å². The number of hydrogen-bond donors (Lipinski definition) is 1. The molecule has 1 aromatic heterocycles. The Balaban J connectivity index is 1.42. The summed E-state index contributed by atoms with van der Waals surface area (Å²) in [4.78, 5) is 2.51. The van der Waals surface area contributed by atoms with Crippen molar-refractivity contribution in [2.24, 2.45) is 5.92 Å². The van der Waals surface area contributed by atoms with Crippen LogP contribution in [0.2, 0.25) is 0 Å². The predicted octanol–water partition coefficient (Wildman–Crippen LogP) is 3.15. The van der Waals surface area contributed by atoms with Crippen LogP contribution in [0.1, 0.15) is 18.4 Å². The van der Waals surface area contributed by atoms with Crippen molar-refractivity contribution in [2.45, 2.75) is 25.8 Å². The summed E-state index contributed by atoms with van der Waals surface area (Å²) >= 11 is 0. The van der Waals surface area contributed by atoms with E-state index in [2.05, 4.69) is 35.2 Å². The Bertz CT molecular complexity index is 541. The molecule has 112 valence electrons. The average molecular weight is 284 g/mol. The van der Waals surface area contributed by atoms with Gasteiger partial charge in [0, 0.05) is 19.3 Å². The molecule has 0 aliphatic carbocycles. The van der Waals surface area contributed by atoms with Gasteiger partial charge in [-0.05, 0) is 56.0 Å². The van der Waals surface area contributed by atoms with Crippen molar-refractivity contribution in [3.63, 3.8) is 0 Å². The molecule has 0 amide bonds. The highest BCUT2D eigenvalue weighted by Crippen LogP contribution is 2.21. The molecular formula is C18H24N2O. The minimum atomic E-state index is 0.369. The molecule has 1 saturated heterocycles. The summed E-state index contributed by atoms with van der Waals surface area (Å²) in [6.45, 7) is 4.27. The van der Waals surface area contributed by atoms with Crippen LogP contribution in [0.3, 0.4) is 0 Å². The van der Waals surface area contributed by atoms with E-state index in [1.54, 1.807) is 6.07 Å². The van der Waals surface area contributed by atoms with E-state index in [0.717, 1.165) is 19.0 Å². The van der Waals surface area contributed by atoms with E-state index < -0.39 is 0 Å². The van der Waals surface area contributed by atoms with Crippen molar-refractivity contribution in [3.8, 4) is 5.88 Å². The van der Waals surface area contributed by atoms with E-state index in [9.17, 15) is 5.11 Å². The first kappa shape index (κ1) is 14.2. The highest BCUT2D eigenvalue weighted by atomic mass is 16.3. The summed E-state index contributed by atoms with van der Waals surface area (Å²) in [5, 5.41) is 9.63. The predicted molar refractivity (Wildman–Crippen MR) is 85.4 cm³/mol. The van der Waals surface area contributed by atoms with Crippen LogP contribution in [0.15, 0.2) is 48.7 Å². The molecule has 1 N–H and O–H groups in total. The number of piperidine rings is 1. The summed E-state index contributed by atoms with van der Waals surface area (Å²) in [5.74, 6) is 1.19. The minimum Gasteiger partial charge on any atom is -0.494 e. The zero-order valence-corrected chi connectivity index (χ0v) is 12.5. The Morgan fingerprint density at radius 1 is 0.952 bits per heavy atom. The highest BCUT2D eigenvalue weighted by molar-refractivity contribution is 5.15. The molecule has 3 rings (SSSR count). The molecule has 1 fully saturated rings. The molecule has 0 bridgehead atoms. The molecule has 3 nitrogen and oxygen atoms in total. The van der Waals surface area contributed by atoms with E-state index in [0.29, 0.717) is 5.88 Å². The van der Waals surface area contributed by atoms with Crippen molar-refractivity contribution in [2.75, 3.05) is 19.6 Å². The van der Waals surface area contributed by atoms with Gasteiger partial charge in [0.2, 0.25) is 0 Å². The Hall–Kier alpha value is -1.74. The van der Waals surface area contributed by atoms with Gasteiger partial charge in [-0.25, -0.2) is 0 Å². The molecule has 2 aromatic rings. The number of likely N-dealkylation sites (tertiary alicyclic amines) is 1. The van der Waals surface area contributed by atoms with Crippen LogP contribution in [0.5, 0.6) is 5.88 Å². The molecule has 21 heavy (non-hydrogen) atoms.